The number of epoxide rings is 2. The third-order valence-electron chi connectivity index (χ3n) is 10.1. The lowest BCUT2D eigenvalue weighted by atomic mass is 9.79. The maximum Gasteiger partial charge on any atom is 0.104 e. The Morgan fingerprint density at radius 2 is 0.971 bits per heavy atom. The summed E-state index contributed by atoms with van der Waals surface area (Å²) in [7, 11) is 0. The number of rotatable bonds is 12. The van der Waals surface area contributed by atoms with Crippen LogP contribution < -0.4 is 0 Å². The Hall–Kier alpha value is -0.280. The van der Waals surface area contributed by atoms with Gasteiger partial charge in [-0.3, -0.25) is 0 Å². The van der Waals surface area contributed by atoms with Gasteiger partial charge in [0.2, 0.25) is 0 Å². The molecule has 0 amide bonds. The standard InChI is InChI=1S/C27H44O7/c1-24-7-22(33-13-18-11-29-18)26(3,15-24)5-20(24)31-9-17(28)10-32-21-6-27(4)16-25(21,2)8-23(27)34-14-19-12-30-19/h17-23,28H,5-16H2,1-4H3. The minimum atomic E-state index is -0.593. The molecule has 194 valence electrons. The van der Waals surface area contributed by atoms with Gasteiger partial charge in [0.05, 0.1) is 64.1 Å². The van der Waals surface area contributed by atoms with Gasteiger partial charge in [0, 0.05) is 0 Å². The van der Waals surface area contributed by atoms with Gasteiger partial charge >= 0.3 is 0 Å². The van der Waals surface area contributed by atoms with Crippen LogP contribution in [0.15, 0.2) is 0 Å². The molecule has 7 nitrogen and oxygen atoms in total. The number of hydrogen-bond donors (Lipinski definition) is 1. The van der Waals surface area contributed by atoms with Crippen molar-refractivity contribution in [3.63, 3.8) is 0 Å². The first kappa shape index (κ1) is 24.1. The van der Waals surface area contributed by atoms with E-state index in [1.165, 1.54) is 0 Å². The van der Waals surface area contributed by atoms with E-state index < -0.39 is 6.10 Å². The summed E-state index contributed by atoms with van der Waals surface area (Å²) in [6.45, 7) is 13.1. The van der Waals surface area contributed by atoms with Crippen molar-refractivity contribution in [2.24, 2.45) is 21.7 Å². The summed E-state index contributed by atoms with van der Waals surface area (Å²) in [6.07, 6.45) is 7.28. The highest BCUT2D eigenvalue weighted by molar-refractivity contribution is 5.12. The molecule has 0 aromatic carbocycles. The Bertz CT molecular complexity index is 708. The fourth-order valence-electron chi connectivity index (χ4n) is 8.11. The van der Waals surface area contributed by atoms with Crippen LogP contribution in [-0.4, -0.2) is 87.5 Å². The van der Waals surface area contributed by atoms with Crippen LogP contribution in [0, 0.1) is 21.7 Å². The van der Waals surface area contributed by atoms with Crippen LogP contribution in [0.4, 0.5) is 0 Å². The summed E-state index contributed by atoms with van der Waals surface area (Å²) in [5, 5.41) is 10.7. The van der Waals surface area contributed by atoms with Crippen molar-refractivity contribution in [2.45, 2.75) is 109 Å². The predicted molar refractivity (Wildman–Crippen MR) is 125 cm³/mol. The second-order valence-corrected chi connectivity index (χ2v) is 13.6. The zero-order valence-corrected chi connectivity index (χ0v) is 21.4. The third kappa shape index (κ3) is 4.48. The molecule has 34 heavy (non-hydrogen) atoms. The maximum absolute atomic E-state index is 10.7. The van der Waals surface area contributed by atoms with E-state index in [0.717, 1.165) is 65.0 Å². The average Bonchev–Trinajstić information content (AvgIpc) is 3.67. The summed E-state index contributed by atoms with van der Waals surface area (Å²) in [4.78, 5) is 0. The number of ether oxygens (including phenoxy) is 6. The summed E-state index contributed by atoms with van der Waals surface area (Å²) < 4.78 is 35.7. The van der Waals surface area contributed by atoms with E-state index >= 15 is 0 Å². The van der Waals surface area contributed by atoms with Gasteiger partial charge in [0.1, 0.15) is 18.3 Å². The van der Waals surface area contributed by atoms with Gasteiger partial charge < -0.3 is 33.5 Å². The van der Waals surface area contributed by atoms with Gasteiger partial charge in [-0.1, -0.05) is 27.7 Å². The molecule has 2 heterocycles. The molecule has 4 aliphatic carbocycles. The third-order valence-corrected chi connectivity index (χ3v) is 10.1. The molecular weight excluding hydrogens is 436 g/mol. The topological polar surface area (TPSA) is 82.2 Å². The maximum atomic E-state index is 10.7. The molecule has 6 rings (SSSR count). The number of hydrogen-bond acceptors (Lipinski definition) is 7. The average molecular weight is 481 g/mol. The number of aliphatic hydroxyl groups is 1. The van der Waals surface area contributed by atoms with Crippen LogP contribution in [0.25, 0.3) is 0 Å². The molecule has 6 fully saturated rings. The lowest BCUT2D eigenvalue weighted by Gasteiger charge is -2.39. The highest BCUT2D eigenvalue weighted by Gasteiger charge is 2.63. The molecule has 4 bridgehead atoms. The van der Waals surface area contributed by atoms with E-state index in [9.17, 15) is 5.11 Å². The molecule has 10 unspecified atom stereocenters. The van der Waals surface area contributed by atoms with Gasteiger partial charge in [0.25, 0.3) is 0 Å². The van der Waals surface area contributed by atoms with Gasteiger partial charge in [-0.15, -0.1) is 0 Å². The lowest BCUT2D eigenvalue weighted by molar-refractivity contribution is -0.128. The quantitative estimate of drug-likeness (QED) is 0.430. The van der Waals surface area contributed by atoms with Crippen molar-refractivity contribution < 1.29 is 33.5 Å². The highest BCUT2D eigenvalue weighted by Crippen LogP contribution is 2.64. The molecule has 4 saturated carbocycles. The number of aliphatic hydroxyl groups excluding tert-OH is 1. The van der Waals surface area contributed by atoms with Crippen molar-refractivity contribution in [1.29, 1.82) is 0 Å². The zero-order chi connectivity index (χ0) is 23.8. The van der Waals surface area contributed by atoms with E-state index in [-0.39, 0.29) is 33.9 Å². The molecule has 0 aromatic rings. The minimum absolute atomic E-state index is 0.123. The van der Waals surface area contributed by atoms with Crippen LogP contribution in [0.5, 0.6) is 0 Å². The van der Waals surface area contributed by atoms with E-state index in [1.807, 2.05) is 0 Å². The van der Waals surface area contributed by atoms with E-state index in [4.69, 9.17) is 28.4 Å². The SMILES string of the molecule is CC12CC(OCC3CO3)C(C)(CC1OCC(O)COC1CC3(C)CC1(C)CC3OCC1CO1)C2. The second kappa shape index (κ2) is 8.37. The summed E-state index contributed by atoms with van der Waals surface area (Å²) in [5.74, 6) is 0. The monoisotopic (exact) mass is 480 g/mol. The molecule has 0 spiro atoms. The molecular formula is C27H44O7. The van der Waals surface area contributed by atoms with E-state index in [2.05, 4.69) is 27.7 Å². The second-order valence-electron chi connectivity index (χ2n) is 13.6. The van der Waals surface area contributed by atoms with Crippen LogP contribution >= 0.6 is 0 Å². The van der Waals surface area contributed by atoms with Crippen molar-refractivity contribution in [1.82, 2.24) is 0 Å². The van der Waals surface area contributed by atoms with Gasteiger partial charge in [0.15, 0.2) is 0 Å². The predicted octanol–water partition coefficient (Wildman–Crippen LogP) is 3.11. The van der Waals surface area contributed by atoms with Crippen molar-refractivity contribution in [2.75, 3.05) is 39.6 Å². The lowest BCUT2D eigenvalue weighted by Crippen LogP contribution is -2.42. The van der Waals surface area contributed by atoms with Gasteiger partial charge in [-0.2, -0.15) is 0 Å². The zero-order valence-electron chi connectivity index (χ0n) is 21.4. The molecule has 7 heteroatoms. The largest absolute Gasteiger partial charge is 0.388 e. The Morgan fingerprint density at radius 3 is 1.26 bits per heavy atom. The number of fused-ring (bicyclic) bond motifs is 4. The molecule has 0 radical (unpaired) electrons. The Kier molecular flexibility index (Phi) is 5.93. The normalized spacial score (nSPS) is 53.6. The minimum Gasteiger partial charge on any atom is -0.388 e. The molecule has 2 aliphatic heterocycles. The van der Waals surface area contributed by atoms with Crippen molar-refractivity contribution >= 4 is 0 Å². The highest BCUT2D eigenvalue weighted by atomic mass is 16.6. The first-order chi connectivity index (χ1) is 16.1. The fraction of sp³-hybridized carbons (Fsp3) is 1.00. The molecule has 2 saturated heterocycles. The Morgan fingerprint density at radius 1 is 0.647 bits per heavy atom. The van der Waals surface area contributed by atoms with E-state index in [0.29, 0.717) is 37.6 Å². The first-order valence-corrected chi connectivity index (χ1v) is 13.5. The first-order valence-electron chi connectivity index (χ1n) is 13.5. The molecule has 6 aliphatic rings. The van der Waals surface area contributed by atoms with Crippen molar-refractivity contribution in [3.05, 3.63) is 0 Å². The Labute approximate surface area is 204 Å². The Balaban J connectivity index is 0.943. The van der Waals surface area contributed by atoms with Gasteiger partial charge in [-0.25, -0.2) is 0 Å². The summed E-state index contributed by atoms with van der Waals surface area (Å²) in [5.41, 5.74) is 0.565. The smallest absolute Gasteiger partial charge is 0.104 e. The van der Waals surface area contributed by atoms with Crippen molar-refractivity contribution in [3.8, 4) is 0 Å². The summed E-state index contributed by atoms with van der Waals surface area (Å²) >= 11 is 0. The van der Waals surface area contributed by atoms with Gasteiger partial charge in [-0.05, 0) is 60.2 Å². The van der Waals surface area contributed by atoms with Crippen LogP contribution in [0.3, 0.4) is 0 Å². The van der Waals surface area contributed by atoms with Crippen LogP contribution in [0.1, 0.15) is 66.2 Å². The molecule has 0 aromatic heterocycles. The molecule has 1 N–H and O–H groups in total. The molecule has 10 atom stereocenters. The van der Waals surface area contributed by atoms with Crippen LogP contribution in [0.2, 0.25) is 0 Å². The van der Waals surface area contributed by atoms with Crippen LogP contribution in [-0.2, 0) is 28.4 Å². The summed E-state index contributed by atoms with van der Waals surface area (Å²) in [6, 6.07) is 0. The fourth-order valence-corrected chi connectivity index (χ4v) is 8.11. The van der Waals surface area contributed by atoms with E-state index in [1.54, 1.807) is 0 Å².